The number of aliphatic hydroxyl groups is 2. The lowest BCUT2D eigenvalue weighted by Gasteiger charge is -2.29. The molecular weight excluding hydrogens is 1610 g/mol. The molecule has 5 saturated heterocycles. The Kier molecular flexibility index (Phi) is 20.9. The molecule has 0 bridgehead atoms. The molecule has 10 aromatic heterocycles. The minimum atomic E-state index is -2.09. The highest BCUT2D eigenvalue weighted by Crippen LogP contribution is 2.57. The van der Waals surface area contributed by atoms with Crippen LogP contribution in [0.5, 0.6) is 0 Å². The van der Waals surface area contributed by atoms with Crippen molar-refractivity contribution in [1.29, 1.82) is 0 Å². The molecule has 15 heterocycles. The highest BCUT2D eigenvalue weighted by Gasteiger charge is 2.67. The summed E-state index contributed by atoms with van der Waals surface area (Å²) in [5.74, 6) is -4.15. The summed E-state index contributed by atoms with van der Waals surface area (Å²) in [6, 6.07) is 7.90. The van der Waals surface area contributed by atoms with Crippen molar-refractivity contribution in [2.75, 3.05) is 6.61 Å². The van der Waals surface area contributed by atoms with Crippen LogP contribution in [0.3, 0.4) is 0 Å². The van der Waals surface area contributed by atoms with Gasteiger partial charge in [-0.15, -0.1) is 0 Å². The third-order valence-electron chi connectivity index (χ3n) is 23.8. The SMILES string of the molecule is C=C[C@@]1(F)C[C@@H](n2ccc3c(Cl)ncnc32)[C@@H]2OC(C)(C)O[C@@H]21.CC1(C)O[C@H]2[C@H](n3ccc4c(Cl)ncnc43)C[C@](F)(C=O)[C@H]2O1.CC1(C)O[C@H]2[C@H](n3ccc4c(Cl)ncnc43)C[C@](F)(CO)[C@H]2O1.CC[C@@]1(F)C[C@@H](n2ccc3c(Cl)ncnc32)[C@@H]2OC(C)(C)O[C@@H]21.CC[C@]1(O)C[C@@H](n2ccc3c(Cl)ncnc32)[C@@H]2OC(C)(C)O[C@@H]21. The van der Waals surface area contributed by atoms with Gasteiger partial charge >= 0.3 is 0 Å². The normalized spacial score (nSPS) is 35.7. The Hall–Kier alpha value is -6.80. The van der Waals surface area contributed by atoms with Gasteiger partial charge in [-0.2, -0.15) is 0 Å². The molecular formula is C78H88Cl5F4N15O13. The first-order valence-electron chi connectivity index (χ1n) is 38.0. The van der Waals surface area contributed by atoms with Gasteiger partial charge in [-0.05, 0) is 112 Å². The molecule has 0 radical (unpaired) electrons. The summed E-state index contributed by atoms with van der Waals surface area (Å²) < 4.78 is 129. The van der Waals surface area contributed by atoms with Gasteiger partial charge in [0, 0.05) is 63.1 Å². The highest BCUT2D eigenvalue weighted by atomic mass is 35.5. The summed E-state index contributed by atoms with van der Waals surface area (Å²) in [7, 11) is 0. The van der Waals surface area contributed by atoms with Crippen molar-refractivity contribution in [2.24, 2.45) is 0 Å². The fourth-order valence-corrected chi connectivity index (χ4v) is 19.6. The Bertz CT molecular complexity index is 4950. The molecule has 0 unspecified atom stereocenters. The van der Waals surface area contributed by atoms with Gasteiger partial charge in [0.05, 0.1) is 69.3 Å². The molecule has 10 aliphatic rings. The summed E-state index contributed by atoms with van der Waals surface area (Å²) in [4.78, 5) is 52.7. The minimum absolute atomic E-state index is 0.0344. The monoisotopic (exact) mass is 1690 g/mol. The van der Waals surface area contributed by atoms with Crippen LogP contribution in [0.15, 0.2) is 106 Å². The number of hydrogen-bond donors (Lipinski definition) is 2. The van der Waals surface area contributed by atoms with E-state index in [1.165, 1.54) is 37.7 Å². The number of halogens is 9. The van der Waals surface area contributed by atoms with Crippen molar-refractivity contribution in [1.82, 2.24) is 72.7 Å². The van der Waals surface area contributed by atoms with Crippen molar-refractivity contribution in [3.05, 3.63) is 131 Å². The van der Waals surface area contributed by atoms with E-state index in [1.54, 1.807) is 70.6 Å². The fourth-order valence-electron chi connectivity index (χ4n) is 18.7. The van der Waals surface area contributed by atoms with E-state index in [-0.39, 0.29) is 61.7 Å². The van der Waals surface area contributed by atoms with Gasteiger partial charge in [-0.25, -0.2) is 67.4 Å². The van der Waals surface area contributed by atoms with Gasteiger partial charge in [-0.3, -0.25) is 4.79 Å². The zero-order valence-electron chi connectivity index (χ0n) is 64.8. The number of hydrogen-bond acceptors (Lipinski definition) is 23. The molecule has 5 aliphatic carbocycles. The molecule has 10 fully saturated rings. The Morgan fingerprint density at radius 2 is 0.652 bits per heavy atom. The molecule has 0 amide bonds. The Labute approximate surface area is 682 Å². The maximum absolute atomic E-state index is 15.4. The van der Waals surface area contributed by atoms with E-state index in [0.29, 0.717) is 91.1 Å². The number of aldehydes is 1. The summed E-state index contributed by atoms with van der Waals surface area (Å²) >= 11 is 30.5. The van der Waals surface area contributed by atoms with E-state index >= 15 is 17.6 Å². The van der Waals surface area contributed by atoms with Crippen molar-refractivity contribution >= 4 is 119 Å². The molecule has 5 aliphatic heterocycles. The van der Waals surface area contributed by atoms with E-state index in [4.69, 9.17) is 105 Å². The van der Waals surface area contributed by atoms with Crippen LogP contribution in [-0.2, 0) is 52.2 Å². The molecule has 37 heteroatoms. The number of nitrogens with zero attached hydrogens (tertiary/aromatic N) is 15. The minimum Gasteiger partial charge on any atom is -0.393 e. The number of fused-ring (bicyclic) bond motifs is 10. The first-order valence-corrected chi connectivity index (χ1v) is 39.9. The van der Waals surface area contributed by atoms with Crippen LogP contribution in [0.2, 0.25) is 25.8 Å². The number of alkyl halides is 4. The van der Waals surface area contributed by atoms with Gasteiger partial charge in [0.2, 0.25) is 0 Å². The van der Waals surface area contributed by atoms with E-state index in [2.05, 4.69) is 56.4 Å². The molecule has 2 N–H and O–H groups in total. The van der Waals surface area contributed by atoms with E-state index < -0.39 is 113 Å². The zero-order chi connectivity index (χ0) is 82.0. The van der Waals surface area contributed by atoms with Gasteiger partial charge < -0.3 is 80.4 Å². The van der Waals surface area contributed by atoms with Gasteiger partial charge in [0.15, 0.2) is 52.2 Å². The van der Waals surface area contributed by atoms with Crippen molar-refractivity contribution in [3.63, 3.8) is 0 Å². The third kappa shape index (κ3) is 14.3. The second-order valence-electron chi connectivity index (χ2n) is 33.3. The summed E-state index contributed by atoms with van der Waals surface area (Å²) in [5.41, 5.74) is -4.59. The second-order valence-corrected chi connectivity index (χ2v) is 35.1. The average Bonchev–Trinajstić information content (AvgIpc) is 1.59. The zero-order valence-corrected chi connectivity index (χ0v) is 68.6. The molecule has 0 spiro atoms. The molecule has 20 rings (SSSR count). The Morgan fingerprint density at radius 1 is 0.391 bits per heavy atom. The lowest BCUT2D eigenvalue weighted by atomic mass is 9.96. The topological polar surface area (TPSA) is 303 Å². The smallest absolute Gasteiger partial charge is 0.196 e. The van der Waals surface area contributed by atoms with E-state index in [9.17, 15) is 15.0 Å². The molecule has 0 aromatic carbocycles. The lowest BCUT2D eigenvalue weighted by Crippen LogP contribution is -2.41. The van der Waals surface area contributed by atoms with E-state index in [0.717, 1.165) is 21.8 Å². The molecule has 5 saturated carbocycles. The van der Waals surface area contributed by atoms with Gasteiger partial charge in [0.25, 0.3) is 0 Å². The van der Waals surface area contributed by atoms with Crippen LogP contribution < -0.4 is 0 Å². The van der Waals surface area contributed by atoms with Crippen LogP contribution >= 0.6 is 58.0 Å². The first-order chi connectivity index (χ1) is 54.2. The predicted molar refractivity (Wildman–Crippen MR) is 414 cm³/mol. The van der Waals surface area contributed by atoms with Gasteiger partial charge in [-0.1, -0.05) is 84.5 Å². The summed E-state index contributed by atoms with van der Waals surface area (Å²) in [5, 5.41) is 26.1. The number of carbonyl (C=O) groups excluding carboxylic acids is 1. The lowest BCUT2D eigenvalue weighted by molar-refractivity contribution is -0.182. The largest absolute Gasteiger partial charge is 0.393 e. The maximum Gasteiger partial charge on any atom is 0.196 e. The molecule has 616 valence electrons. The second kappa shape index (κ2) is 29.3. The van der Waals surface area contributed by atoms with Gasteiger partial charge in [0.1, 0.15) is 152 Å². The summed E-state index contributed by atoms with van der Waals surface area (Å²) in [6.07, 6.45) is 14.6. The van der Waals surface area contributed by atoms with Crippen LogP contribution in [0.4, 0.5) is 17.6 Å². The fraction of sp³-hybridized carbons (Fsp3) is 0.577. The number of aliphatic hydroxyl groups excluding tert-OH is 1. The number of ether oxygens (including phenoxy) is 10. The van der Waals surface area contributed by atoms with Crippen LogP contribution in [0.25, 0.3) is 55.2 Å². The maximum atomic E-state index is 15.4. The predicted octanol–water partition coefficient (Wildman–Crippen LogP) is 14.5. The summed E-state index contributed by atoms with van der Waals surface area (Å²) in [6.45, 7) is 24.8. The van der Waals surface area contributed by atoms with Crippen LogP contribution in [0, 0.1) is 0 Å². The van der Waals surface area contributed by atoms with Crippen molar-refractivity contribution in [3.8, 4) is 0 Å². The molecule has 20 atom stereocenters. The molecule has 115 heavy (non-hydrogen) atoms. The quantitative estimate of drug-likeness (QED) is 0.0556. The van der Waals surface area contributed by atoms with E-state index in [1.807, 2.05) is 96.6 Å². The standard InChI is InChI=1S/C16H19ClFN3O2.C16H17ClFN3O2.C16H20ClN3O3.C15H17ClFN3O3.C15H15ClFN3O3/c2*1-4-16(18)7-10(11-12(16)23-15(2,3)22-11)21-6-5-9-13(17)19-8-20-14(9)21;1-4-16(21)7-10(11-12(16)23-15(2,3)22-11)20-6-5-9-13(17)18-8-19-14(9)20;2*1-14(2)22-10-9(5-15(17,6-21)11(10)23-14)20-4-3-8-12(16)18-7-19-13(8)20/h5-6,8,10-12H,4,7H2,1-3H3;4-6,8,10-12H,1,7H2,2-3H3;5-6,8,10-12,21H,4,7H2,1-3H3;3-4,7,9-11,21H,5-6H2,1-2H3;3-4,6-7,9-11H,5H2,1-2H3/t2*10-,11+,12+,16-;10-,11+,12+,16+;2*9-,10+,11+,15+/m11111/s1. The Balaban J connectivity index is 0.000000108. The van der Waals surface area contributed by atoms with Crippen molar-refractivity contribution < 1.29 is 79.9 Å². The average molecular weight is 1700 g/mol. The molecule has 10 aromatic rings. The first kappa shape index (κ1) is 81.9. The Morgan fingerprint density at radius 3 is 0.957 bits per heavy atom. The highest BCUT2D eigenvalue weighted by molar-refractivity contribution is 6.35. The third-order valence-corrected chi connectivity index (χ3v) is 25.3. The van der Waals surface area contributed by atoms with Crippen LogP contribution in [-0.4, -0.2) is 214 Å². The number of rotatable bonds is 10. The number of aromatic nitrogens is 15. The van der Waals surface area contributed by atoms with Crippen molar-refractivity contribution in [2.45, 2.75) is 276 Å². The number of carbonyl (C=O) groups is 1. The molecule has 28 nitrogen and oxygen atoms in total. The van der Waals surface area contributed by atoms with Crippen LogP contribution in [0.1, 0.15) is 158 Å².